The van der Waals surface area contributed by atoms with E-state index in [9.17, 15) is 0 Å². The van der Waals surface area contributed by atoms with Gasteiger partial charge in [0.25, 0.3) is 0 Å². The number of rotatable bonds is 3. The van der Waals surface area contributed by atoms with Gasteiger partial charge in [-0.25, -0.2) is 4.98 Å². The first-order valence-corrected chi connectivity index (χ1v) is 12.3. The van der Waals surface area contributed by atoms with Crippen LogP contribution in [-0.2, 0) is 4.57 Å². The number of hydrogen-bond acceptors (Lipinski definition) is 2. The van der Waals surface area contributed by atoms with Gasteiger partial charge >= 0.3 is 0 Å². The van der Waals surface area contributed by atoms with Crippen molar-refractivity contribution in [2.75, 3.05) is 0 Å². The summed E-state index contributed by atoms with van der Waals surface area (Å²) in [5.74, 6) is 0. The Kier molecular flexibility index (Phi) is 4.19. The van der Waals surface area contributed by atoms with Crippen molar-refractivity contribution < 1.29 is 4.57 Å². The number of benzene rings is 3. The van der Waals surface area contributed by atoms with Gasteiger partial charge in [-0.1, -0.05) is 91.0 Å². The van der Waals surface area contributed by atoms with Crippen LogP contribution in [0.3, 0.4) is 0 Å². The van der Waals surface area contributed by atoms with E-state index in [0.717, 1.165) is 56.2 Å². The van der Waals surface area contributed by atoms with Gasteiger partial charge in [0.2, 0.25) is 0 Å². The van der Waals surface area contributed by atoms with Gasteiger partial charge in [0, 0.05) is 16.1 Å². The highest BCUT2D eigenvalue weighted by atomic mass is 31.2. The minimum absolute atomic E-state index is 0.775. The van der Waals surface area contributed by atoms with Crippen LogP contribution < -0.4 is 10.7 Å². The molecule has 0 saturated heterocycles. The zero-order chi connectivity index (χ0) is 20.8. The molecule has 3 nitrogen and oxygen atoms in total. The van der Waals surface area contributed by atoms with Crippen molar-refractivity contribution in [3.05, 3.63) is 109 Å². The normalized spacial score (nSPS) is 15.9. The summed E-state index contributed by atoms with van der Waals surface area (Å²) < 4.78 is 17.2. The van der Waals surface area contributed by atoms with Crippen LogP contribution >= 0.6 is 7.14 Å². The molecule has 0 bridgehead atoms. The maximum absolute atomic E-state index is 15.1. The minimum Gasteiger partial charge on any atom is -0.307 e. The predicted molar refractivity (Wildman–Crippen MR) is 130 cm³/mol. The Hall–Kier alpha value is -3.42. The van der Waals surface area contributed by atoms with Crippen LogP contribution in [0.15, 0.2) is 109 Å². The van der Waals surface area contributed by atoms with E-state index in [-0.39, 0.29) is 0 Å². The second-order valence-electron chi connectivity index (χ2n) is 7.91. The average Bonchev–Trinajstić information content (AvgIpc) is 3.31. The smallest absolute Gasteiger partial charge is 0.184 e. The van der Waals surface area contributed by atoms with E-state index in [1.54, 1.807) is 0 Å². The summed E-state index contributed by atoms with van der Waals surface area (Å²) in [7, 11) is -3.07. The van der Waals surface area contributed by atoms with E-state index in [1.807, 2.05) is 60.8 Å². The van der Waals surface area contributed by atoms with Crippen molar-refractivity contribution in [2.24, 2.45) is 0 Å². The fraction of sp³-hybridized carbons (Fsp3) is 0.0741. The van der Waals surface area contributed by atoms with Gasteiger partial charge in [-0.05, 0) is 29.6 Å². The summed E-state index contributed by atoms with van der Waals surface area (Å²) in [6, 6.07) is 26.6. The number of allylic oxidation sites excluding steroid dienone is 4. The Morgan fingerprint density at radius 2 is 1.52 bits per heavy atom. The van der Waals surface area contributed by atoms with Crippen LogP contribution in [0.2, 0.25) is 0 Å². The molecule has 0 saturated carbocycles. The summed E-state index contributed by atoms with van der Waals surface area (Å²) in [6.45, 7) is 0. The third-order valence-corrected chi connectivity index (χ3v) is 9.35. The van der Waals surface area contributed by atoms with Gasteiger partial charge in [-0.2, -0.15) is 0 Å². The maximum Gasteiger partial charge on any atom is 0.184 e. The van der Waals surface area contributed by atoms with E-state index < -0.39 is 7.14 Å². The van der Waals surface area contributed by atoms with Crippen molar-refractivity contribution in [1.29, 1.82) is 0 Å². The predicted octanol–water partition coefficient (Wildman–Crippen LogP) is 6.19. The summed E-state index contributed by atoms with van der Waals surface area (Å²) in [5.41, 5.74) is 2.66. The summed E-state index contributed by atoms with van der Waals surface area (Å²) in [5, 5.41) is 5.22. The van der Waals surface area contributed by atoms with E-state index in [2.05, 4.69) is 46.9 Å². The Bertz CT molecular complexity index is 1560. The molecule has 2 heterocycles. The lowest BCUT2D eigenvalue weighted by molar-refractivity contribution is 0.588. The monoisotopic (exact) mass is 420 g/mol. The molecule has 150 valence electrons. The zero-order valence-electron chi connectivity index (χ0n) is 17.0. The van der Waals surface area contributed by atoms with E-state index in [1.165, 1.54) is 0 Å². The largest absolute Gasteiger partial charge is 0.307 e. The molecule has 0 spiro atoms. The quantitative estimate of drug-likeness (QED) is 0.258. The van der Waals surface area contributed by atoms with Crippen LogP contribution in [0.5, 0.6) is 0 Å². The molecule has 0 N–H and O–H groups in total. The second kappa shape index (κ2) is 7.08. The molecule has 3 aromatic carbocycles. The SMILES string of the molecule is O=P(C1=CC=CCC1)(c1ccccc1)c1cnc2c3ccccc3c3ccccc3n12. The molecule has 4 heteroatoms. The van der Waals surface area contributed by atoms with Crippen molar-refractivity contribution in [1.82, 2.24) is 9.38 Å². The number of fused-ring (bicyclic) bond motifs is 6. The molecule has 1 atom stereocenters. The third kappa shape index (κ3) is 2.67. The van der Waals surface area contributed by atoms with Gasteiger partial charge in [0.1, 0.15) is 11.1 Å². The Balaban J connectivity index is 1.79. The highest BCUT2D eigenvalue weighted by Crippen LogP contribution is 2.54. The molecule has 2 aromatic heterocycles. The highest BCUT2D eigenvalue weighted by Gasteiger charge is 2.35. The van der Waals surface area contributed by atoms with Crippen LogP contribution in [0.25, 0.3) is 27.3 Å². The van der Waals surface area contributed by atoms with Gasteiger partial charge in [0.05, 0.1) is 11.7 Å². The first-order valence-electron chi connectivity index (χ1n) is 10.6. The first kappa shape index (κ1) is 18.4. The fourth-order valence-electron chi connectivity index (χ4n) is 4.74. The van der Waals surface area contributed by atoms with Gasteiger partial charge in [-0.3, -0.25) is 4.40 Å². The molecule has 1 aliphatic carbocycles. The fourth-order valence-corrected chi connectivity index (χ4v) is 7.66. The highest BCUT2D eigenvalue weighted by molar-refractivity contribution is 7.82. The summed E-state index contributed by atoms with van der Waals surface area (Å²) in [6.07, 6.45) is 9.74. The van der Waals surface area contributed by atoms with Crippen molar-refractivity contribution >= 4 is 45.2 Å². The average molecular weight is 420 g/mol. The number of nitrogens with zero attached hydrogens (tertiary/aromatic N) is 2. The number of para-hydroxylation sites is 1. The van der Waals surface area contributed by atoms with E-state index in [4.69, 9.17) is 4.98 Å². The minimum atomic E-state index is -3.07. The Morgan fingerprint density at radius 1 is 0.806 bits per heavy atom. The molecule has 31 heavy (non-hydrogen) atoms. The zero-order valence-corrected chi connectivity index (χ0v) is 17.9. The maximum atomic E-state index is 15.1. The third-order valence-electron chi connectivity index (χ3n) is 6.19. The van der Waals surface area contributed by atoms with E-state index in [0.29, 0.717) is 0 Å². The second-order valence-corrected chi connectivity index (χ2v) is 10.7. The van der Waals surface area contributed by atoms with Crippen molar-refractivity contribution in [3.8, 4) is 0 Å². The lowest BCUT2D eigenvalue weighted by Crippen LogP contribution is -2.22. The lowest BCUT2D eigenvalue weighted by atomic mass is 10.1. The molecule has 0 amide bonds. The summed E-state index contributed by atoms with van der Waals surface area (Å²) >= 11 is 0. The van der Waals surface area contributed by atoms with Crippen LogP contribution in [0.1, 0.15) is 12.8 Å². The molecule has 0 radical (unpaired) electrons. The lowest BCUT2D eigenvalue weighted by Gasteiger charge is -2.23. The molecule has 0 fully saturated rings. The van der Waals surface area contributed by atoms with Gasteiger partial charge in [0.15, 0.2) is 7.14 Å². The number of aromatic nitrogens is 2. The molecule has 1 unspecified atom stereocenters. The standard InChI is InChI=1S/C27H21N2OP/c30-31(20-11-3-1-4-12-20,21-13-5-2-6-14-21)26-19-28-27-24-17-8-7-15-22(24)23-16-9-10-18-25(23)29(26)27/h1-5,7-13,15-19H,6,14H2. The summed E-state index contributed by atoms with van der Waals surface area (Å²) in [4.78, 5) is 4.83. The molecule has 6 rings (SSSR count). The van der Waals surface area contributed by atoms with Crippen molar-refractivity contribution in [3.63, 3.8) is 0 Å². The Labute approximate surface area is 180 Å². The number of hydrogen-bond donors (Lipinski definition) is 0. The molecule has 5 aromatic rings. The van der Waals surface area contributed by atoms with Crippen LogP contribution in [0, 0.1) is 0 Å². The van der Waals surface area contributed by atoms with Crippen molar-refractivity contribution in [2.45, 2.75) is 12.8 Å². The number of imidazole rings is 1. The molecular weight excluding hydrogens is 399 g/mol. The topological polar surface area (TPSA) is 34.4 Å². The van der Waals surface area contributed by atoms with Gasteiger partial charge in [-0.15, -0.1) is 0 Å². The Morgan fingerprint density at radius 3 is 2.29 bits per heavy atom. The van der Waals surface area contributed by atoms with Gasteiger partial charge < -0.3 is 4.57 Å². The molecule has 1 aliphatic rings. The van der Waals surface area contributed by atoms with Crippen LogP contribution in [0.4, 0.5) is 0 Å². The van der Waals surface area contributed by atoms with E-state index >= 15 is 4.57 Å². The number of pyridine rings is 1. The molecule has 0 aliphatic heterocycles. The van der Waals surface area contributed by atoms with Crippen LogP contribution in [-0.4, -0.2) is 9.38 Å². The first-order chi connectivity index (χ1) is 15.3. The molecular formula is C27H21N2OP.